The third kappa shape index (κ3) is 2.62. The predicted molar refractivity (Wildman–Crippen MR) is 71.8 cm³/mol. The first-order valence-corrected chi connectivity index (χ1v) is 6.32. The van der Waals surface area contributed by atoms with Crippen molar-refractivity contribution in [3.63, 3.8) is 0 Å². The van der Waals surface area contributed by atoms with Crippen LogP contribution < -0.4 is 0 Å². The number of hydrogen-bond donors (Lipinski definition) is 0. The zero-order chi connectivity index (χ0) is 14.9. The van der Waals surface area contributed by atoms with Crippen LogP contribution in [0, 0.1) is 27.2 Å². The molecule has 1 aromatic carbocycles. The molecule has 2 rings (SSSR count). The summed E-state index contributed by atoms with van der Waals surface area (Å²) >= 11 is 1.07. The van der Waals surface area contributed by atoms with Gasteiger partial charge in [-0.25, -0.2) is 0 Å². The van der Waals surface area contributed by atoms with Crippen molar-refractivity contribution >= 4 is 23.3 Å². The van der Waals surface area contributed by atoms with Gasteiger partial charge in [-0.05, 0) is 24.0 Å². The number of nitrogens with zero attached hydrogens (tertiary/aromatic N) is 4. The van der Waals surface area contributed by atoms with Gasteiger partial charge in [-0.15, -0.1) is 0 Å². The number of hydrogen-bond acceptors (Lipinski definition) is 6. The van der Waals surface area contributed by atoms with Crippen LogP contribution in [-0.4, -0.2) is 19.6 Å². The SMILES string of the molecule is Cc1ccc(Sc2c([N+](=O)[O-])c([N+](=O)[O-])nn2C)cc1. The summed E-state index contributed by atoms with van der Waals surface area (Å²) in [7, 11) is 1.44. The van der Waals surface area contributed by atoms with Gasteiger partial charge in [-0.1, -0.05) is 29.5 Å². The van der Waals surface area contributed by atoms with Crippen molar-refractivity contribution < 1.29 is 9.85 Å². The molecule has 104 valence electrons. The highest BCUT2D eigenvalue weighted by Gasteiger charge is 2.37. The van der Waals surface area contributed by atoms with Crippen LogP contribution in [0.25, 0.3) is 0 Å². The largest absolute Gasteiger partial charge is 0.469 e. The number of nitro groups is 2. The van der Waals surface area contributed by atoms with Crippen molar-refractivity contribution in [1.82, 2.24) is 9.78 Å². The van der Waals surface area contributed by atoms with E-state index in [1.165, 1.54) is 7.05 Å². The molecular weight excluding hydrogens is 284 g/mol. The average molecular weight is 294 g/mol. The maximum absolute atomic E-state index is 11.0. The highest BCUT2D eigenvalue weighted by molar-refractivity contribution is 7.99. The standard InChI is InChI=1S/C11H10N4O4S/c1-7-3-5-8(6-4-7)20-11-9(14(16)17)10(15(18)19)12-13(11)2/h3-6H,1-2H3. The van der Waals surface area contributed by atoms with Crippen molar-refractivity contribution in [1.29, 1.82) is 0 Å². The average Bonchev–Trinajstić information content (AvgIpc) is 2.70. The summed E-state index contributed by atoms with van der Waals surface area (Å²) in [4.78, 5) is 21.0. The van der Waals surface area contributed by atoms with Gasteiger partial charge in [0.25, 0.3) is 0 Å². The van der Waals surface area contributed by atoms with E-state index < -0.39 is 21.4 Å². The smallest absolute Gasteiger partial charge is 0.358 e. The van der Waals surface area contributed by atoms with E-state index in [-0.39, 0.29) is 5.03 Å². The minimum Gasteiger partial charge on any atom is -0.358 e. The molecule has 0 aliphatic rings. The van der Waals surface area contributed by atoms with Gasteiger partial charge in [-0.3, -0.25) is 10.1 Å². The van der Waals surface area contributed by atoms with Crippen molar-refractivity contribution in [2.24, 2.45) is 7.05 Å². The molecule has 8 nitrogen and oxygen atoms in total. The summed E-state index contributed by atoms with van der Waals surface area (Å²) in [5.41, 5.74) is 0.475. The van der Waals surface area contributed by atoms with Crippen LogP contribution in [-0.2, 0) is 7.05 Å². The third-order valence-corrected chi connectivity index (χ3v) is 3.70. The molecule has 0 aliphatic heterocycles. The lowest BCUT2D eigenvalue weighted by atomic mass is 10.2. The molecule has 0 amide bonds. The minimum atomic E-state index is -0.850. The third-order valence-electron chi connectivity index (χ3n) is 2.54. The monoisotopic (exact) mass is 294 g/mol. The fourth-order valence-electron chi connectivity index (χ4n) is 1.60. The first-order valence-electron chi connectivity index (χ1n) is 5.50. The fourth-order valence-corrected chi connectivity index (χ4v) is 2.53. The summed E-state index contributed by atoms with van der Waals surface area (Å²) in [5, 5.41) is 25.6. The molecule has 0 atom stereocenters. The Labute approximate surface area is 117 Å². The molecule has 0 saturated carbocycles. The van der Waals surface area contributed by atoms with Crippen molar-refractivity contribution in [2.75, 3.05) is 0 Å². The molecular formula is C11H10N4O4S. The van der Waals surface area contributed by atoms with Gasteiger partial charge in [0, 0.05) is 4.90 Å². The second-order valence-electron chi connectivity index (χ2n) is 4.03. The zero-order valence-electron chi connectivity index (χ0n) is 10.6. The first-order chi connectivity index (χ1) is 9.40. The topological polar surface area (TPSA) is 104 Å². The lowest BCUT2D eigenvalue weighted by Gasteiger charge is -2.00. The zero-order valence-corrected chi connectivity index (χ0v) is 11.5. The van der Waals surface area contributed by atoms with Gasteiger partial charge in [-0.2, -0.15) is 4.68 Å². The fraction of sp³-hybridized carbons (Fsp3) is 0.182. The van der Waals surface area contributed by atoms with E-state index in [1.54, 1.807) is 12.1 Å². The minimum absolute atomic E-state index is 0.130. The Morgan fingerprint density at radius 2 is 1.75 bits per heavy atom. The van der Waals surface area contributed by atoms with Crippen LogP contribution in [0.15, 0.2) is 34.2 Å². The second kappa shape index (κ2) is 5.29. The summed E-state index contributed by atoms with van der Waals surface area (Å²) in [5.74, 6) is -0.743. The molecule has 0 radical (unpaired) electrons. The van der Waals surface area contributed by atoms with Gasteiger partial charge in [0.15, 0.2) is 0 Å². The van der Waals surface area contributed by atoms with Crippen molar-refractivity contribution in [3.05, 3.63) is 50.1 Å². The Morgan fingerprint density at radius 3 is 2.25 bits per heavy atom. The van der Waals surface area contributed by atoms with Crippen LogP contribution in [0.5, 0.6) is 0 Å². The molecule has 0 unspecified atom stereocenters. The summed E-state index contributed by atoms with van der Waals surface area (Å²) in [6.07, 6.45) is 0. The predicted octanol–water partition coefficient (Wildman–Crippen LogP) is 2.70. The molecule has 0 bridgehead atoms. The van der Waals surface area contributed by atoms with Gasteiger partial charge in [0.1, 0.15) is 0 Å². The molecule has 9 heteroatoms. The molecule has 0 saturated heterocycles. The van der Waals surface area contributed by atoms with Crippen LogP contribution in [0.1, 0.15) is 5.56 Å². The number of aryl methyl sites for hydroxylation is 2. The normalized spacial score (nSPS) is 10.5. The van der Waals surface area contributed by atoms with Crippen LogP contribution >= 0.6 is 11.8 Å². The first kappa shape index (κ1) is 14.0. The van der Waals surface area contributed by atoms with E-state index in [2.05, 4.69) is 5.10 Å². The quantitative estimate of drug-likeness (QED) is 0.634. The van der Waals surface area contributed by atoms with E-state index in [4.69, 9.17) is 0 Å². The van der Waals surface area contributed by atoms with Gasteiger partial charge >= 0.3 is 11.5 Å². The maximum Gasteiger partial charge on any atom is 0.469 e. The Hall–Kier alpha value is -2.42. The van der Waals surface area contributed by atoms with Crippen LogP contribution in [0.2, 0.25) is 0 Å². The van der Waals surface area contributed by atoms with Gasteiger partial charge in [0.05, 0.1) is 17.1 Å². The Bertz CT molecular complexity index is 680. The maximum atomic E-state index is 11.0. The lowest BCUT2D eigenvalue weighted by Crippen LogP contribution is -1.95. The van der Waals surface area contributed by atoms with E-state index in [1.807, 2.05) is 19.1 Å². The van der Waals surface area contributed by atoms with E-state index in [0.717, 1.165) is 26.9 Å². The second-order valence-corrected chi connectivity index (χ2v) is 5.09. The van der Waals surface area contributed by atoms with E-state index in [0.29, 0.717) is 0 Å². The highest BCUT2D eigenvalue weighted by atomic mass is 32.2. The van der Waals surface area contributed by atoms with Crippen LogP contribution in [0.4, 0.5) is 11.5 Å². The lowest BCUT2D eigenvalue weighted by molar-refractivity contribution is -0.426. The molecule has 0 spiro atoms. The highest BCUT2D eigenvalue weighted by Crippen LogP contribution is 2.39. The Balaban J connectivity index is 2.48. The van der Waals surface area contributed by atoms with Crippen molar-refractivity contribution in [3.8, 4) is 0 Å². The van der Waals surface area contributed by atoms with Crippen LogP contribution in [0.3, 0.4) is 0 Å². The Kier molecular flexibility index (Phi) is 3.70. The molecule has 0 aliphatic carbocycles. The molecule has 1 heterocycles. The summed E-state index contributed by atoms with van der Waals surface area (Å²) in [6.45, 7) is 1.92. The number of benzene rings is 1. The van der Waals surface area contributed by atoms with Gasteiger partial charge < -0.3 is 10.1 Å². The van der Waals surface area contributed by atoms with Crippen molar-refractivity contribution in [2.45, 2.75) is 16.8 Å². The van der Waals surface area contributed by atoms with Gasteiger partial charge in [0.2, 0.25) is 5.03 Å². The molecule has 0 N–H and O–H groups in total. The number of aromatic nitrogens is 2. The number of rotatable bonds is 4. The van der Waals surface area contributed by atoms with E-state index >= 15 is 0 Å². The molecule has 2 aromatic rings. The van der Waals surface area contributed by atoms with E-state index in [9.17, 15) is 20.2 Å². The molecule has 0 fully saturated rings. The summed E-state index contributed by atoms with van der Waals surface area (Å²) in [6, 6.07) is 7.31. The summed E-state index contributed by atoms with van der Waals surface area (Å²) < 4.78 is 1.15. The molecule has 1 aromatic heterocycles. The molecule has 20 heavy (non-hydrogen) atoms. The Morgan fingerprint density at radius 1 is 1.15 bits per heavy atom.